The zero-order chi connectivity index (χ0) is 16.9. The van der Waals surface area contributed by atoms with E-state index in [1.165, 1.54) is 11.8 Å². The molecule has 23 heavy (non-hydrogen) atoms. The molecule has 0 radical (unpaired) electrons. The van der Waals surface area contributed by atoms with Gasteiger partial charge in [-0.2, -0.15) is 10.5 Å². The maximum atomic E-state index is 8.55. The van der Waals surface area contributed by atoms with Crippen LogP contribution < -0.4 is 4.90 Å². The fourth-order valence-electron chi connectivity index (χ4n) is 1.62. The van der Waals surface area contributed by atoms with Crippen molar-refractivity contribution < 1.29 is 0 Å². The highest BCUT2D eigenvalue weighted by Crippen LogP contribution is 2.13. The molecule has 0 atom stereocenters. The van der Waals surface area contributed by atoms with Crippen molar-refractivity contribution in [2.75, 3.05) is 19.0 Å². The predicted molar refractivity (Wildman–Crippen MR) is 96.5 cm³/mol. The summed E-state index contributed by atoms with van der Waals surface area (Å²) in [6, 6.07) is 11.9. The average Bonchev–Trinajstić information content (AvgIpc) is 2.57. The van der Waals surface area contributed by atoms with E-state index >= 15 is 0 Å². The van der Waals surface area contributed by atoms with Gasteiger partial charge in [-0.15, -0.1) is 0 Å². The summed E-state index contributed by atoms with van der Waals surface area (Å²) in [4.78, 5) is 2.07. The molecule has 1 rings (SSSR count). The third-order valence-corrected chi connectivity index (χ3v) is 2.87. The number of anilines is 1. The molecule has 0 aliphatic heterocycles. The van der Waals surface area contributed by atoms with E-state index in [-0.39, 0.29) is 5.57 Å². The molecule has 0 fully saturated rings. The van der Waals surface area contributed by atoms with Crippen LogP contribution in [0.15, 0.2) is 78.4 Å². The Hall–Kier alpha value is -3.30. The molecule has 3 nitrogen and oxygen atoms in total. The Labute approximate surface area is 138 Å². The van der Waals surface area contributed by atoms with Crippen LogP contribution in [-0.2, 0) is 0 Å². The van der Waals surface area contributed by atoms with Crippen LogP contribution >= 0.6 is 0 Å². The molecule has 0 spiro atoms. The van der Waals surface area contributed by atoms with Crippen LogP contribution in [-0.4, -0.2) is 14.1 Å². The van der Waals surface area contributed by atoms with Gasteiger partial charge in [0.05, 0.1) is 0 Å². The Morgan fingerprint density at radius 3 is 1.87 bits per heavy atom. The van der Waals surface area contributed by atoms with Crippen molar-refractivity contribution in [3.8, 4) is 12.1 Å². The molecule has 0 bridgehead atoms. The molecular formula is C20H19N3. The minimum atomic E-state index is 0.0911. The molecular weight excluding hydrogens is 282 g/mol. The molecule has 114 valence electrons. The van der Waals surface area contributed by atoms with Gasteiger partial charge in [-0.3, -0.25) is 0 Å². The first-order valence-electron chi connectivity index (χ1n) is 7.13. The zero-order valence-corrected chi connectivity index (χ0v) is 13.3. The molecule has 1 aromatic rings. The van der Waals surface area contributed by atoms with Gasteiger partial charge in [0.1, 0.15) is 17.7 Å². The van der Waals surface area contributed by atoms with E-state index in [1.807, 2.05) is 50.6 Å². The standard InChI is InChI=1S/C20H19N3/c1-23(2)20-14-12-18(13-15-20)10-8-6-4-3-5-7-9-11-19(16-21)17-22/h3-15H,1-2H3/b5-3+,6-4+,9-7+,10-8+. The lowest BCUT2D eigenvalue weighted by molar-refractivity contribution is 1.13. The number of hydrogen-bond donors (Lipinski definition) is 0. The lowest BCUT2D eigenvalue weighted by Gasteiger charge is -2.11. The molecule has 0 amide bonds. The number of nitrogens with zero attached hydrogens (tertiary/aromatic N) is 3. The highest BCUT2D eigenvalue weighted by molar-refractivity contribution is 5.56. The Morgan fingerprint density at radius 2 is 1.35 bits per heavy atom. The van der Waals surface area contributed by atoms with Crippen LogP contribution in [0.2, 0.25) is 0 Å². The van der Waals surface area contributed by atoms with E-state index in [9.17, 15) is 0 Å². The minimum absolute atomic E-state index is 0.0911. The van der Waals surface area contributed by atoms with E-state index in [0.717, 1.165) is 5.56 Å². The fourth-order valence-corrected chi connectivity index (χ4v) is 1.62. The third-order valence-electron chi connectivity index (χ3n) is 2.87. The first kappa shape index (κ1) is 17.8. The molecule has 0 N–H and O–H groups in total. The van der Waals surface area contributed by atoms with Crippen molar-refractivity contribution in [3.05, 3.63) is 84.0 Å². The van der Waals surface area contributed by atoms with Crippen molar-refractivity contribution in [2.24, 2.45) is 0 Å². The number of hydrogen-bond acceptors (Lipinski definition) is 3. The molecule has 0 heterocycles. The SMILES string of the molecule is CN(C)c1ccc(/C=C/C=C/C=C/C=C/C=C(C#N)C#N)cc1. The molecule has 1 aromatic carbocycles. The minimum Gasteiger partial charge on any atom is -0.378 e. The zero-order valence-electron chi connectivity index (χ0n) is 13.3. The van der Waals surface area contributed by atoms with Crippen LogP contribution in [0, 0.1) is 22.7 Å². The van der Waals surface area contributed by atoms with Gasteiger partial charge in [0.2, 0.25) is 0 Å². The second kappa shape index (κ2) is 10.4. The van der Waals surface area contributed by atoms with Gasteiger partial charge in [-0.25, -0.2) is 0 Å². The topological polar surface area (TPSA) is 50.8 Å². The monoisotopic (exact) mass is 301 g/mol. The summed E-state index contributed by atoms with van der Waals surface area (Å²) < 4.78 is 0. The van der Waals surface area contributed by atoms with Crippen LogP contribution in [0.1, 0.15) is 5.56 Å². The lowest BCUT2D eigenvalue weighted by Crippen LogP contribution is -2.07. The molecule has 0 unspecified atom stereocenters. The van der Waals surface area contributed by atoms with E-state index in [0.29, 0.717) is 0 Å². The van der Waals surface area contributed by atoms with E-state index in [2.05, 4.69) is 29.2 Å². The average molecular weight is 301 g/mol. The van der Waals surface area contributed by atoms with Gasteiger partial charge in [-0.1, -0.05) is 60.7 Å². The molecule has 0 aromatic heterocycles. The van der Waals surface area contributed by atoms with Crippen LogP contribution in [0.4, 0.5) is 5.69 Å². The second-order valence-electron chi connectivity index (χ2n) is 4.80. The van der Waals surface area contributed by atoms with Gasteiger partial charge in [0.25, 0.3) is 0 Å². The number of rotatable bonds is 6. The molecule has 0 aliphatic rings. The maximum Gasteiger partial charge on any atom is 0.129 e. The smallest absolute Gasteiger partial charge is 0.129 e. The van der Waals surface area contributed by atoms with Gasteiger partial charge in [0.15, 0.2) is 0 Å². The van der Waals surface area contributed by atoms with Crippen LogP contribution in [0.5, 0.6) is 0 Å². The highest BCUT2D eigenvalue weighted by Gasteiger charge is 1.92. The summed E-state index contributed by atoms with van der Waals surface area (Å²) >= 11 is 0. The van der Waals surface area contributed by atoms with Crippen molar-refractivity contribution >= 4 is 11.8 Å². The van der Waals surface area contributed by atoms with Gasteiger partial charge >= 0.3 is 0 Å². The Balaban J connectivity index is 2.46. The number of benzene rings is 1. The van der Waals surface area contributed by atoms with E-state index in [1.54, 1.807) is 24.3 Å². The largest absolute Gasteiger partial charge is 0.378 e. The van der Waals surface area contributed by atoms with E-state index in [4.69, 9.17) is 10.5 Å². The predicted octanol–water partition coefficient (Wildman–Crippen LogP) is 4.41. The van der Waals surface area contributed by atoms with Crippen LogP contribution in [0.25, 0.3) is 6.08 Å². The summed E-state index contributed by atoms with van der Waals surface area (Å²) in [7, 11) is 4.04. The Bertz CT molecular complexity index is 700. The summed E-state index contributed by atoms with van der Waals surface area (Å²) in [6.07, 6.45) is 16.5. The van der Waals surface area contributed by atoms with Crippen molar-refractivity contribution in [1.82, 2.24) is 0 Å². The quantitative estimate of drug-likeness (QED) is 0.577. The van der Waals surface area contributed by atoms with Gasteiger partial charge < -0.3 is 4.90 Å². The van der Waals surface area contributed by atoms with Gasteiger partial charge in [0, 0.05) is 19.8 Å². The summed E-state index contributed by atoms with van der Waals surface area (Å²) in [5.41, 5.74) is 2.42. The van der Waals surface area contributed by atoms with E-state index < -0.39 is 0 Å². The van der Waals surface area contributed by atoms with Crippen molar-refractivity contribution in [2.45, 2.75) is 0 Å². The summed E-state index contributed by atoms with van der Waals surface area (Å²) in [5.74, 6) is 0. The Kier molecular flexibility index (Phi) is 8.05. The first-order valence-corrected chi connectivity index (χ1v) is 7.13. The van der Waals surface area contributed by atoms with Crippen LogP contribution in [0.3, 0.4) is 0 Å². The molecule has 0 saturated heterocycles. The highest BCUT2D eigenvalue weighted by atomic mass is 15.1. The molecule has 0 aliphatic carbocycles. The van der Waals surface area contributed by atoms with Crippen molar-refractivity contribution in [1.29, 1.82) is 10.5 Å². The first-order chi connectivity index (χ1) is 11.2. The number of allylic oxidation sites excluding steroid dienone is 9. The second-order valence-corrected chi connectivity index (χ2v) is 4.80. The summed E-state index contributed by atoms with van der Waals surface area (Å²) in [6.45, 7) is 0. The third kappa shape index (κ3) is 7.32. The summed E-state index contributed by atoms with van der Waals surface area (Å²) in [5, 5.41) is 17.1. The van der Waals surface area contributed by atoms with Crippen molar-refractivity contribution in [3.63, 3.8) is 0 Å². The maximum absolute atomic E-state index is 8.55. The van der Waals surface area contributed by atoms with Gasteiger partial charge in [-0.05, 0) is 23.8 Å². The Morgan fingerprint density at radius 1 is 0.826 bits per heavy atom. The normalized spacial score (nSPS) is 11.1. The molecule has 3 heteroatoms. The number of nitriles is 2. The molecule has 0 saturated carbocycles. The lowest BCUT2D eigenvalue weighted by atomic mass is 10.2. The fraction of sp³-hybridized carbons (Fsp3) is 0.100.